The minimum absolute atomic E-state index is 0.0765. The molecule has 0 aliphatic carbocycles. The Hall–Kier alpha value is -3.00. The van der Waals surface area contributed by atoms with Gasteiger partial charge in [-0.2, -0.15) is 0 Å². The predicted octanol–water partition coefficient (Wildman–Crippen LogP) is 1.76. The summed E-state index contributed by atoms with van der Waals surface area (Å²) in [5.74, 6) is -0.373. The van der Waals surface area contributed by atoms with Crippen LogP contribution >= 0.6 is 0 Å². The largest absolute Gasteiger partial charge is 0.378 e. The molecule has 1 N–H and O–H groups in total. The summed E-state index contributed by atoms with van der Waals surface area (Å²) in [6.07, 6.45) is 1.64. The van der Waals surface area contributed by atoms with Crippen molar-refractivity contribution in [1.29, 1.82) is 0 Å². The van der Waals surface area contributed by atoms with Crippen LogP contribution in [0.1, 0.15) is 16.1 Å². The molecule has 1 aliphatic heterocycles. The number of rotatable bonds is 5. The molecule has 1 aromatic heterocycles. The Kier molecular flexibility index (Phi) is 5.20. The van der Waals surface area contributed by atoms with Crippen molar-refractivity contribution in [3.8, 4) is 0 Å². The van der Waals surface area contributed by atoms with Gasteiger partial charge in [0.2, 0.25) is 0 Å². The summed E-state index contributed by atoms with van der Waals surface area (Å²) < 4.78 is 5.28. The van der Waals surface area contributed by atoms with Crippen molar-refractivity contribution in [2.24, 2.45) is 0 Å². The lowest BCUT2D eigenvalue weighted by molar-refractivity contribution is -0.384. The van der Waals surface area contributed by atoms with Crippen LogP contribution in [-0.2, 0) is 11.3 Å². The van der Waals surface area contributed by atoms with Gasteiger partial charge in [0.05, 0.1) is 30.4 Å². The highest BCUT2D eigenvalue weighted by Crippen LogP contribution is 2.29. The molecule has 0 saturated carbocycles. The van der Waals surface area contributed by atoms with Crippen molar-refractivity contribution in [2.75, 3.05) is 31.2 Å². The van der Waals surface area contributed by atoms with E-state index in [0.29, 0.717) is 32.0 Å². The van der Waals surface area contributed by atoms with Gasteiger partial charge in [-0.25, -0.2) is 0 Å². The van der Waals surface area contributed by atoms with Crippen LogP contribution in [0.15, 0.2) is 42.6 Å². The van der Waals surface area contributed by atoms with Crippen LogP contribution in [0.5, 0.6) is 0 Å². The topological polar surface area (TPSA) is 97.6 Å². The lowest BCUT2D eigenvalue weighted by Gasteiger charge is -2.28. The highest BCUT2D eigenvalue weighted by atomic mass is 16.6. The number of aromatic nitrogens is 1. The number of amides is 1. The van der Waals surface area contributed by atoms with Gasteiger partial charge in [-0.05, 0) is 24.3 Å². The molecule has 0 atom stereocenters. The number of benzene rings is 1. The Balaban J connectivity index is 1.76. The monoisotopic (exact) mass is 342 g/mol. The van der Waals surface area contributed by atoms with E-state index >= 15 is 0 Å². The zero-order valence-corrected chi connectivity index (χ0v) is 13.6. The number of ether oxygens (including phenoxy) is 1. The molecule has 8 heteroatoms. The number of nitrogens with one attached hydrogen (secondary N) is 1. The molecule has 1 aliphatic rings. The van der Waals surface area contributed by atoms with Crippen LogP contribution in [0.3, 0.4) is 0 Å². The van der Waals surface area contributed by atoms with E-state index in [2.05, 4.69) is 10.3 Å². The van der Waals surface area contributed by atoms with E-state index in [1.54, 1.807) is 30.5 Å². The maximum absolute atomic E-state index is 12.3. The van der Waals surface area contributed by atoms with Gasteiger partial charge in [0.15, 0.2) is 0 Å². The molecule has 0 unspecified atom stereocenters. The Morgan fingerprint density at radius 2 is 2.08 bits per heavy atom. The zero-order valence-electron chi connectivity index (χ0n) is 13.6. The van der Waals surface area contributed by atoms with E-state index in [1.165, 1.54) is 6.07 Å². The van der Waals surface area contributed by atoms with Crippen molar-refractivity contribution < 1.29 is 14.5 Å². The van der Waals surface area contributed by atoms with Crippen molar-refractivity contribution in [3.63, 3.8) is 0 Å². The molecule has 2 heterocycles. The number of hydrogen-bond acceptors (Lipinski definition) is 6. The lowest BCUT2D eigenvalue weighted by atomic mass is 10.1. The predicted molar refractivity (Wildman–Crippen MR) is 91.5 cm³/mol. The second kappa shape index (κ2) is 7.71. The first-order chi connectivity index (χ1) is 12.1. The van der Waals surface area contributed by atoms with Crippen molar-refractivity contribution >= 4 is 17.3 Å². The first-order valence-electron chi connectivity index (χ1n) is 7.94. The molecule has 25 heavy (non-hydrogen) atoms. The molecule has 1 amide bonds. The van der Waals surface area contributed by atoms with E-state index in [0.717, 1.165) is 5.69 Å². The van der Waals surface area contributed by atoms with Gasteiger partial charge in [-0.3, -0.25) is 19.9 Å². The summed E-state index contributed by atoms with van der Waals surface area (Å²) in [7, 11) is 0. The Bertz CT molecular complexity index is 760. The second-order valence-corrected chi connectivity index (χ2v) is 5.56. The average molecular weight is 342 g/mol. The summed E-state index contributed by atoms with van der Waals surface area (Å²) in [5.41, 5.74) is 1.40. The highest BCUT2D eigenvalue weighted by molar-refractivity contribution is 5.95. The van der Waals surface area contributed by atoms with Crippen LogP contribution in [0, 0.1) is 10.1 Å². The number of anilines is 1. The van der Waals surface area contributed by atoms with Crippen LogP contribution in [-0.4, -0.2) is 42.1 Å². The number of morpholine rings is 1. The fourth-order valence-corrected chi connectivity index (χ4v) is 2.66. The van der Waals surface area contributed by atoms with Gasteiger partial charge >= 0.3 is 0 Å². The molecule has 1 aromatic carbocycles. The number of pyridine rings is 1. The number of carbonyl (C=O) groups excluding carboxylic acids is 1. The maximum Gasteiger partial charge on any atom is 0.293 e. The summed E-state index contributed by atoms with van der Waals surface area (Å²) in [6.45, 7) is 2.50. The Morgan fingerprint density at radius 1 is 1.28 bits per heavy atom. The summed E-state index contributed by atoms with van der Waals surface area (Å²) in [4.78, 5) is 29.3. The summed E-state index contributed by atoms with van der Waals surface area (Å²) >= 11 is 0. The van der Waals surface area contributed by atoms with Crippen LogP contribution in [0.2, 0.25) is 0 Å². The van der Waals surface area contributed by atoms with Gasteiger partial charge in [-0.1, -0.05) is 6.07 Å². The number of nitrogens with zero attached hydrogens (tertiary/aromatic N) is 3. The second-order valence-electron chi connectivity index (χ2n) is 5.56. The van der Waals surface area contributed by atoms with Gasteiger partial charge in [-0.15, -0.1) is 0 Å². The number of nitro groups is 1. The van der Waals surface area contributed by atoms with Gasteiger partial charge in [0.1, 0.15) is 5.69 Å². The molecular weight excluding hydrogens is 324 g/mol. The van der Waals surface area contributed by atoms with Gasteiger partial charge < -0.3 is 15.0 Å². The quantitative estimate of drug-likeness (QED) is 0.657. The molecule has 2 aromatic rings. The molecular formula is C17H18N4O4. The summed E-state index contributed by atoms with van der Waals surface area (Å²) in [6, 6.07) is 9.96. The fourth-order valence-electron chi connectivity index (χ4n) is 2.66. The molecule has 3 rings (SSSR count). The molecule has 130 valence electrons. The summed E-state index contributed by atoms with van der Waals surface area (Å²) in [5, 5.41) is 14.1. The zero-order chi connectivity index (χ0) is 17.6. The first kappa shape index (κ1) is 16.8. The number of carbonyl (C=O) groups is 1. The Morgan fingerprint density at radius 3 is 2.76 bits per heavy atom. The maximum atomic E-state index is 12.3. The van der Waals surface area contributed by atoms with E-state index in [9.17, 15) is 14.9 Å². The lowest BCUT2D eigenvalue weighted by Crippen LogP contribution is -2.36. The third kappa shape index (κ3) is 4.10. The van der Waals surface area contributed by atoms with Gasteiger partial charge in [0, 0.05) is 30.9 Å². The van der Waals surface area contributed by atoms with E-state index in [-0.39, 0.29) is 23.7 Å². The van der Waals surface area contributed by atoms with Crippen LogP contribution < -0.4 is 10.2 Å². The van der Waals surface area contributed by atoms with E-state index in [1.807, 2.05) is 11.0 Å². The van der Waals surface area contributed by atoms with Crippen molar-refractivity contribution in [1.82, 2.24) is 10.3 Å². The standard InChI is InChI=1S/C17H18N4O4/c22-17(19-12-14-3-1-2-6-18-14)13-4-5-15(16(11-13)21(23)24)20-7-9-25-10-8-20/h1-6,11H,7-10,12H2,(H,19,22). The van der Waals surface area contributed by atoms with Crippen LogP contribution in [0.4, 0.5) is 11.4 Å². The fraction of sp³-hybridized carbons (Fsp3) is 0.294. The van der Waals surface area contributed by atoms with Crippen molar-refractivity contribution in [3.05, 3.63) is 64.0 Å². The number of nitro benzene ring substituents is 1. The van der Waals surface area contributed by atoms with E-state index in [4.69, 9.17) is 4.74 Å². The van der Waals surface area contributed by atoms with Crippen molar-refractivity contribution in [2.45, 2.75) is 6.54 Å². The minimum atomic E-state index is -0.458. The van der Waals surface area contributed by atoms with Gasteiger partial charge in [0.25, 0.3) is 11.6 Å². The van der Waals surface area contributed by atoms with E-state index < -0.39 is 4.92 Å². The molecule has 0 radical (unpaired) electrons. The smallest absolute Gasteiger partial charge is 0.293 e. The number of hydrogen-bond donors (Lipinski definition) is 1. The Labute approximate surface area is 144 Å². The highest BCUT2D eigenvalue weighted by Gasteiger charge is 2.23. The molecule has 0 bridgehead atoms. The SMILES string of the molecule is O=C(NCc1ccccn1)c1ccc(N2CCOCC2)c([N+](=O)[O-])c1. The first-order valence-corrected chi connectivity index (χ1v) is 7.94. The third-order valence-electron chi connectivity index (χ3n) is 3.94. The normalized spacial score (nSPS) is 14.2. The molecule has 0 spiro atoms. The molecule has 1 saturated heterocycles. The minimum Gasteiger partial charge on any atom is -0.378 e. The molecule has 8 nitrogen and oxygen atoms in total. The average Bonchev–Trinajstić information content (AvgIpc) is 2.67. The van der Waals surface area contributed by atoms with Crippen LogP contribution in [0.25, 0.3) is 0 Å². The molecule has 1 fully saturated rings. The third-order valence-corrected chi connectivity index (χ3v) is 3.94.